The fourth-order valence-corrected chi connectivity index (χ4v) is 6.21. The van der Waals surface area contributed by atoms with Crippen LogP contribution in [0.3, 0.4) is 0 Å². The first-order chi connectivity index (χ1) is 18.3. The van der Waals surface area contributed by atoms with Gasteiger partial charge in [0.1, 0.15) is 12.4 Å². The molecule has 38 heavy (non-hydrogen) atoms. The molecule has 2 aliphatic heterocycles. The van der Waals surface area contributed by atoms with Gasteiger partial charge in [0.05, 0.1) is 29.5 Å². The van der Waals surface area contributed by atoms with Crippen molar-refractivity contribution in [2.45, 2.75) is 13.2 Å². The number of aliphatic hydroxyl groups excluding tert-OH is 1. The molecule has 2 aromatic heterocycles. The number of anilines is 2. The van der Waals surface area contributed by atoms with Crippen LogP contribution in [0.4, 0.5) is 11.5 Å². The summed E-state index contributed by atoms with van der Waals surface area (Å²) in [7, 11) is 1.51. The Bertz CT molecular complexity index is 1360. The van der Waals surface area contributed by atoms with Crippen LogP contribution in [0.1, 0.15) is 22.3 Å². The number of ether oxygens (including phenoxy) is 2. The lowest BCUT2D eigenvalue weighted by Gasteiger charge is -2.60. The number of hydrogen-bond acceptors (Lipinski definition) is 10. The van der Waals surface area contributed by atoms with Gasteiger partial charge in [0.15, 0.2) is 11.5 Å². The Labute approximate surface area is 235 Å². The summed E-state index contributed by atoms with van der Waals surface area (Å²) in [6, 6.07) is 5.06. The van der Waals surface area contributed by atoms with Gasteiger partial charge in [-0.15, -0.1) is 0 Å². The van der Waals surface area contributed by atoms with Gasteiger partial charge in [-0.3, -0.25) is 10.4 Å². The minimum Gasteiger partial charge on any atom is -0.493 e. The molecule has 3 aromatic rings. The third-order valence-corrected chi connectivity index (χ3v) is 8.39. The maximum Gasteiger partial charge on any atom is 0.162 e. The van der Waals surface area contributed by atoms with E-state index in [1.807, 2.05) is 0 Å². The van der Waals surface area contributed by atoms with Gasteiger partial charge in [-0.25, -0.2) is 9.29 Å². The van der Waals surface area contributed by atoms with Crippen molar-refractivity contribution in [3.8, 4) is 11.5 Å². The van der Waals surface area contributed by atoms with Crippen LogP contribution in [-0.4, -0.2) is 64.6 Å². The zero-order chi connectivity index (χ0) is 27.0. The second-order valence-corrected chi connectivity index (χ2v) is 11.2. The van der Waals surface area contributed by atoms with Crippen molar-refractivity contribution >= 4 is 52.4 Å². The van der Waals surface area contributed by atoms with E-state index in [1.54, 1.807) is 36.3 Å². The van der Waals surface area contributed by atoms with Crippen molar-refractivity contribution in [1.29, 1.82) is 5.41 Å². The fraction of sp³-hybridized carbons (Fsp3) is 0.346. The summed E-state index contributed by atoms with van der Waals surface area (Å²) < 4.78 is 13.8. The molecule has 4 heterocycles. The number of halogens is 2. The van der Waals surface area contributed by atoms with E-state index in [-0.39, 0.29) is 18.9 Å². The van der Waals surface area contributed by atoms with Gasteiger partial charge >= 0.3 is 0 Å². The maximum absolute atomic E-state index is 10.1. The molecule has 2 aliphatic rings. The van der Waals surface area contributed by atoms with E-state index >= 15 is 0 Å². The Balaban J connectivity index is 1.36. The monoisotopic (exact) mass is 574 g/mol. The van der Waals surface area contributed by atoms with Crippen LogP contribution < -0.4 is 20.1 Å². The average molecular weight is 576 g/mol. The van der Waals surface area contributed by atoms with Crippen molar-refractivity contribution < 1.29 is 14.6 Å². The number of pyridine rings is 2. The molecule has 2 fully saturated rings. The van der Waals surface area contributed by atoms with Gasteiger partial charge in [0, 0.05) is 84.2 Å². The molecular formula is C26H28Cl2N6O3S. The molecule has 1 aromatic carbocycles. The predicted octanol–water partition coefficient (Wildman–Crippen LogP) is 4.26. The second kappa shape index (κ2) is 10.8. The Morgan fingerprint density at radius 3 is 2.47 bits per heavy atom. The van der Waals surface area contributed by atoms with Crippen LogP contribution in [0.2, 0.25) is 10.0 Å². The summed E-state index contributed by atoms with van der Waals surface area (Å²) in [6.07, 6.45) is 6.73. The molecule has 5 rings (SSSR count). The van der Waals surface area contributed by atoms with Crippen molar-refractivity contribution in [3.05, 3.63) is 69.1 Å². The Hall–Kier alpha value is -2.76. The number of nitrogens with zero attached hydrogens (tertiary/aromatic N) is 4. The minimum absolute atomic E-state index is 0.0736. The number of aromatic nitrogens is 2. The quantitative estimate of drug-likeness (QED) is 0.195. The molecule has 200 valence electrons. The molecule has 2 saturated heterocycles. The van der Waals surface area contributed by atoms with E-state index in [0.29, 0.717) is 54.9 Å². The highest BCUT2D eigenvalue weighted by Crippen LogP contribution is 2.44. The summed E-state index contributed by atoms with van der Waals surface area (Å²) in [4.78, 5) is 10.8. The summed E-state index contributed by atoms with van der Waals surface area (Å²) in [5.41, 5.74) is 9.36. The molecule has 0 bridgehead atoms. The largest absolute Gasteiger partial charge is 0.493 e. The first-order valence-electron chi connectivity index (χ1n) is 11.9. The molecule has 0 saturated carbocycles. The first-order valence-corrected chi connectivity index (χ1v) is 13.8. The number of aliphatic hydroxyl groups is 1. The third-order valence-electron chi connectivity index (χ3n) is 6.97. The normalized spacial score (nSPS) is 16.2. The van der Waals surface area contributed by atoms with E-state index in [0.717, 1.165) is 32.0 Å². The standard InChI is InChI=1S/C26H28Cl2N6O3S/c1-36-22-5-21(29)17(4-23(22)37-10-18-19(27)7-31-8-20(18)28)24(30)15-3-16(9-35)25(32-6-15)33-11-26(12-33)13-34(14-26)38-2/h3-8,30,35H,9-14,29H2,1-2H3. The van der Waals surface area contributed by atoms with Crippen molar-refractivity contribution in [2.75, 3.05) is 50.2 Å². The Kier molecular flexibility index (Phi) is 7.61. The maximum atomic E-state index is 10.1. The number of rotatable bonds is 9. The highest BCUT2D eigenvalue weighted by Gasteiger charge is 2.52. The van der Waals surface area contributed by atoms with Gasteiger partial charge in [-0.05, 0) is 18.4 Å². The number of benzene rings is 1. The number of nitrogens with two attached hydrogens (primary N) is 1. The number of methoxy groups -OCH3 is 1. The average Bonchev–Trinajstić information content (AvgIpc) is 2.87. The van der Waals surface area contributed by atoms with Crippen LogP contribution in [0.25, 0.3) is 0 Å². The molecule has 12 heteroatoms. The molecule has 4 N–H and O–H groups in total. The number of nitrogen functional groups attached to an aromatic ring is 1. The van der Waals surface area contributed by atoms with E-state index in [1.165, 1.54) is 19.5 Å². The van der Waals surface area contributed by atoms with Crippen LogP contribution in [-0.2, 0) is 13.2 Å². The minimum atomic E-state index is -0.177. The smallest absolute Gasteiger partial charge is 0.162 e. The SMILES string of the molecule is COc1cc(N)c(C(=N)c2cnc(N3CC4(CN(SC)C4)C3)c(CO)c2)cc1OCc1c(Cl)cncc1Cl. The van der Waals surface area contributed by atoms with Crippen LogP contribution in [0, 0.1) is 10.8 Å². The van der Waals surface area contributed by atoms with Crippen molar-refractivity contribution in [1.82, 2.24) is 14.3 Å². The molecule has 0 radical (unpaired) electrons. The number of nitrogens with one attached hydrogen (secondary N) is 1. The zero-order valence-corrected chi connectivity index (χ0v) is 23.3. The summed E-state index contributed by atoms with van der Waals surface area (Å²) in [6.45, 7) is 3.87. The van der Waals surface area contributed by atoms with Crippen LogP contribution in [0.15, 0.2) is 36.8 Å². The van der Waals surface area contributed by atoms with Crippen LogP contribution >= 0.6 is 35.1 Å². The number of hydrogen-bond donors (Lipinski definition) is 3. The molecular weight excluding hydrogens is 547 g/mol. The first kappa shape index (κ1) is 26.8. The lowest BCUT2D eigenvalue weighted by atomic mass is 9.74. The fourth-order valence-electron chi connectivity index (χ4n) is 4.93. The summed E-state index contributed by atoms with van der Waals surface area (Å²) in [5, 5.41) is 19.8. The molecule has 0 unspecified atom stereocenters. The summed E-state index contributed by atoms with van der Waals surface area (Å²) in [5.74, 6) is 1.55. The molecule has 0 atom stereocenters. The van der Waals surface area contributed by atoms with Gasteiger partial charge in [-0.1, -0.05) is 35.1 Å². The topological polar surface area (TPSA) is 121 Å². The van der Waals surface area contributed by atoms with Gasteiger partial charge in [0.2, 0.25) is 0 Å². The van der Waals surface area contributed by atoms with E-state index < -0.39 is 0 Å². The lowest BCUT2D eigenvalue weighted by Crippen LogP contribution is -2.71. The van der Waals surface area contributed by atoms with Crippen molar-refractivity contribution in [2.24, 2.45) is 5.41 Å². The zero-order valence-electron chi connectivity index (χ0n) is 21.0. The van der Waals surface area contributed by atoms with E-state index in [9.17, 15) is 5.11 Å². The lowest BCUT2D eigenvalue weighted by molar-refractivity contribution is 0.0471. The molecule has 0 aliphatic carbocycles. The molecule has 9 nitrogen and oxygen atoms in total. The summed E-state index contributed by atoms with van der Waals surface area (Å²) >= 11 is 14.2. The van der Waals surface area contributed by atoms with E-state index in [4.69, 9.17) is 43.8 Å². The van der Waals surface area contributed by atoms with Crippen LogP contribution in [0.5, 0.6) is 11.5 Å². The van der Waals surface area contributed by atoms with Gasteiger partial charge in [-0.2, -0.15) is 0 Å². The van der Waals surface area contributed by atoms with E-state index in [2.05, 4.69) is 25.4 Å². The Morgan fingerprint density at radius 1 is 1.13 bits per heavy atom. The predicted molar refractivity (Wildman–Crippen MR) is 152 cm³/mol. The molecule has 0 amide bonds. The third kappa shape index (κ3) is 4.99. The molecule has 1 spiro atoms. The highest BCUT2D eigenvalue weighted by atomic mass is 35.5. The van der Waals surface area contributed by atoms with Crippen molar-refractivity contribution in [3.63, 3.8) is 0 Å². The highest BCUT2D eigenvalue weighted by molar-refractivity contribution is 7.96. The Morgan fingerprint density at radius 2 is 1.84 bits per heavy atom. The van der Waals surface area contributed by atoms with Gasteiger partial charge in [0.25, 0.3) is 0 Å². The second-order valence-electron chi connectivity index (χ2n) is 9.54. The van der Waals surface area contributed by atoms with Gasteiger partial charge < -0.3 is 25.2 Å².